The fourth-order valence-electron chi connectivity index (χ4n) is 1.73. The van der Waals surface area contributed by atoms with Gasteiger partial charge in [0, 0.05) is 11.1 Å². The number of benzene rings is 2. The van der Waals surface area contributed by atoms with Crippen LogP contribution in [0.2, 0.25) is 0 Å². The zero-order chi connectivity index (χ0) is 16.7. The van der Waals surface area contributed by atoms with Gasteiger partial charge >= 0.3 is 18.9 Å². The van der Waals surface area contributed by atoms with Gasteiger partial charge in [-0.2, -0.15) is 0 Å². The molecule has 24 heavy (non-hydrogen) atoms. The Morgan fingerprint density at radius 2 is 1.12 bits per heavy atom. The van der Waals surface area contributed by atoms with Crippen molar-refractivity contribution >= 4 is 19.4 Å². The van der Waals surface area contributed by atoms with Crippen molar-refractivity contribution in [3.8, 4) is 0 Å². The van der Waals surface area contributed by atoms with Gasteiger partial charge in [-0.15, -0.1) is 0 Å². The Balaban J connectivity index is 0.00000288. The fraction of sp³-hybridized carbons (Fsp3) is 0.125. The second-order valence-corrected chi connectivity index (χ2v) is 5.98. The van der Waals surface area contributed by atoms with Gasteiger partial charge in [0.15, 0.2) is 11.6 Å². The van der Waals surface area contributed by atoms with Crippen LogP contribution in [0.15, 0.2) is 60.7 Å². The number of ketones is 2. The molecule has 2 aromatic carbocycles. The Morgan fingerprint density at radius 3 is 1.46 bits per heavy atom. The first-order valence-electron chi connectivity index (χ1n) is 6.74. The first-order chi connectivity index (χ1) is 11.0. The molecule has 8 heteroatoms. The second kappa shape index (κ2) is 9.70. The van der Waals surface area contributed by atoms with Crippen LogP contribution >= 0.6 is 7.82 Å². The van der Waals surface area contributed by atoms with Crippen molar-refractivity contribution in [1.29, 1.82) is 0 Å². The van der Waals surface area contributed by atoms with E-state index in [1.807, 2.05) is 0 Å². The number of carbonyl (C=O) groups excluding carboxylic acids is 2. The molecule has 0 saturated heterocycles. The van der Waals surface area contributed by atoms with Crippen molar-refractivity contribution < 1.29 is 47.0 Å². The maximum Gasteiger partial charge on any atom is 1.00 e. The molecule has 0 aliphatic carbocycles. The average Bonchev–Trinajstić information content (AvgIpc) is 2.59. The summed E-state index contributed by atoms with van der Waals surface area (Å²) >= 11 is 0. The Kier molecular flexibility index (Phi) is 8.30. The zero-order valence-corrected chi connectivity index (χ0v) is 14.0. The monoisotopic (exact) mass is 340 g/mol. The van der Waals surface area contributed by atoms with Crippen LogP contribution < -0.4 is 23.8 Å². The number of phosphoric acid groups is 1. The van der Waals surface area contributed by atoms with Crippen molar-refractivity contribution in [3.05, 3.63) is 71.8 Å². The normalized spacial score (nSPS) is 10.7. The average molecular weight is 340 g/mol. The van der Waals surface area contributed by atoms with Gasteiger partial charge in [-0.3, -0.25) is 14.2 Å². The molecule has 0 saturated carbocycles. The van der Waals surface area contributed by atoms with Crippen LogP contribution in [0.25, 0.3) is 0 Å². The van der Waals surface area contributed by atoms with Crippen LogP contribution in [0, 0.1) is 0 Å². The minimum Gasteiger partial charge on any atom is -0.756 e. The number of hydrogen-bond acceptors (Lipinski definition) is 6. The first kappa shape index (κ1) is 20.5. The number of carbonyl (C=O) groups is 2. The van der Waals surface area contributed by atoms with Gasteiger partial charge in [0.05, 0.1) is 0 Å². The van der Waals surface area contributed by atoms with Crippen molar-refractivity contribution in [2.45, 2.75) is 0 Å². The Hall–Kier alpha value is -1.51. The summed E-state index contributed by atoms with van der Waals surface area (Å²) in [5, 5.41) is 0. The van der Waals surface area contributed by atoms with Crippen molar-refractivity contribution in [2.75, 3.05) is 13.2 Å². The largest absolute Gasteiger partial charge is 1.00 e. The van der Waals surface area contributed by atoms with Crippen LogP contribution in [-0.4, -0.2) is 24.8 Å². The number of hydrogen-bond donors (Lipinski definition) is 0. The van der Waals surface area contributed by atoms with Gasteiger partial charge in [0.2, 0.25) is 0 Å². The number of Topliss-reactive ketones (excluding diaryl/α,β-unsaturated/α-hetero) is 2. The quantitative estimate of drug-likeness (QED) is 0.357. The third-order valence-corrected chi connectivity index (χ3v) is 3.79. The summed E-state index contributed by atoms with van der Waals surface area (Å²) in [6, 6.07) is 16.2. The Morgan fingerprint density at radius 1 is 0.792 bits per heavy atom. The predicted octanol–water partition coefficient (Wildman–Crippen LogP) is -0.742. The van der Waals surface area contributed by atoms with E-state index in [-0.39, 0.29) is 18.9 Å². The van der Waals surface area contributed by atoms with Crippen LogP contribution in [0.1, 0.15) is 20.7 Å². The Labute approximate surface area is 151 Å². The van der Waals surface area contributed by atoms with E-state index in [0.717, 1.165) is 0 Å². The molecule has 0 heterocycles. The van der Waals surface area contributed by atoms with E-state index in [1.54, 1.807) is 60.7 Å². The molecule has 2 aromatic rings. The molecule has 0 bridgehead atoms. The summed E-state index contributed by atoms with van der Waals surface area (Å²) < 4.78 is 20.6. The molecule has 0 amide bonds. The molecule has 6 nitrogen and oxygen atoms in total. The predicted molar refractivity (Wildman–Crippen MR) is 81.1 cm³/mol. The van der Waals surface area contributed by atoms with E-state index < -0.39 is 32.6 Å². The van der Waals surface area contributed by atoms with Gasteiger partial charge in [0.25, 0.3) is 7.82 Å². The van der Waals surface area contributed by atoms with Crippen LogP contribution in [0.3, 0.4) is 0 Å². The van der Waals surface area contributed by atoms with E-state index >= 15 is 0 Å². The van der Waals surface area contributed by atoms with Crippen LogP contribution in [-0.2, 0) is 13.6 Å². The van der Waals surface area contributed by atoms with Crippen LogP contribution in [0.5, 0.6) is 0 Å². The molecule has 0 fully saturated rings. The molecule has 0 aliphatic rings. The summed E-state index contributed by atoms with van der Waals surface area (Å²) in [5.74, 6) is -1.00. The van der Waals surface area contributed by atoms with Gasteiger partial charge in [-0.25, -0.2) is 0 Å². The molecule has 0 aromatic heterocycles. The molecule has 0 radical (unpaired) electrons. The molecule has 0 aliphatic heterocycles. The van der Waals surface area contributed by atoms with Crippen molar-refractivity contribution in [3.63, 3.8) is 0 Å². The zero-order valence-electron chi connectivity index (χ0n) is 13.1. The van der Waals surface area contributed by atoms with E-state index in [9.17, 15) is 19.0 Å². The molecule has 120 valence electrons. The van der Waals surface area contributed by atoms with Crippen molar-refractivity contribution in [2.24, 2.45) is 0 Å². The van der Waals surface area contributed by atoms with Crippen LogP contribution in [0.4, 0.5) is 0 Å². The summed E-state index contributed by atoms with van der Waals surface area (Å²) in [4.78, 5) is 35.1. The first-order valence-corrected chi connectivity index (χ1v) is 8.20. The van der Waals surface area contributed by atoms with Crippen molar-refractivity contribution in [1.82, 2.24) is 0 Å². The molecule has 0 unspecified atom stereocenters. The maximum atomic E-state index is 11.7. The molecule has 0 N–H and O–H groups in total. The molecule has 0 spiro atoms. The van der Waals surface area contributed by atoms with Gasteiger partial charge in [0.1, 0.15) is 13.2 Å². The molecular formula is C16H14LiO6P. The third kappa shape index (κ3) is 6.54. The van der Waals surface area contributed by atoms with Gasteiger partial charge in [-0.1, -0.05) is 60.7 Å². The summed E-state index contributed by atoms with van der Waals surface area (Å²) in [7, 11) is -4.73. The minimum atomic E-state index is -4.73. The standard InChI is InChI=1S/C16H15O6P.Li/c17-15(13-7-3-1-4-8-13)11-21-23(19,20)22-12-16(18)14-9-5-2-6-10-14;/h1-10H,11-12H2,(H,19,20);/q;+1/p-1. The number of rotatable bonds is 8. The third-order valence-electron chi connectivity index (χ3n) is 2.90. The second-order valence-electron chi connectivity index (χ2n) is 4.57. The smallest absolute Gasteiger partial charge is 0.756 e. The van der Waals surface area contributed by atoms with E-state index in [2.05, 4.69) is 9.05 Å². The molecule has 0 atom stereocenters. The minimum absolute atomic E-state index is 0. The maximum absolute atomic E-state index is 11.7. The Bertz CT molecular complexity index is 660. The molecule has 2 rings (SSSR count). The fourth-order valence-corrected chi connectivity index (χ4v) is 2.35. The number of phosphoric ester groups is 1. The van der Waals surface area contributed by atoms with Gasteiger partial charge in [-0.05, 0) is 0 Å². The SMILES string of the molecule is O=C(COP(=O)([O-])OCC(=O)c1ccccc1)c1ccccc1.[Li+]. The summed E-state index contributed by atoms with van der Waals surface area (Å²) in [6.45, 7) is -1.35. The summed E-state index contributed by atoms with van der Waals surface area (Å²) in [5.41, 5.74) is 0.653. The van der Waals surface area contributed by atoms with E-state index in [4.69, 9.17) is 0 Å². The van der Waals surface area contributed by atoms with Gasteiger partial charge < -0.3 is 13.9 Å². The van der Waals surface area contributed by atoms with E-state index in [1.165, 1.54) is 0 Å². The summed E-state index contributed by atoms with van der Waals surface area (Å²) in [6.07, 6.45) is 0. The molecular weight excluding hydrogens is 326 g/mol. The van der Waals surface area contributed by atoms with E-state index in [0.29, 0.717) is 11.1 Å². The topological polar surface area (TPSA) is 92.7 Å².